The molecule has 0 unspecified atom stereocenters. The van der Waals surface area contributed by atoms with Crippen molar-refractivity contribution >= 4 is 33.2 Å². The fourth-order valence-electron chi connectivity index (χ4n) is 1.65. The number of nitrogens with one attached hydrogen (secondary N) is 1. The van der Waals surface area contributed by atoms with Gasteiger partial charge in [0.2, 0.25) is 0 Å². The molecule has 2 aromatic rings. The minimum Gasteiger partial charge on any atom is -0.377 e. The van der Waals surface area contributed by atoms with Gasteiger partial charge in [-0.25, -0.2) is 9.67 Å². The van der Waals surface area contributed by atoms with E-state index >= 15 is 0 Å². The molecule has 0 radical (unpaired) electrons. The zero-order valence-electron chi connectivity index (χ0n) is 10.2. The molecule has 1 heterocycles. The van der Waals surface area contributed by atoms with Gasteiger partial charge in [0.15, 0.2) is 0 Å². The fraction of sp³-hybridized carbons (Fsp3) is 0.333. The molecule has 2 rings (SSSR count). The van der Waals surface area contributed by atoms with Crippen LogP contribution in [0.3, 0.4) is 0 Å². The Hall–Kier alpha value is -1.07. The summed E-state index contributed by atoms with van der Waals surface area (Å²) in [7, 11) is 0. The fourth-order valence-corrected chi connectivity index (χ4v) is 2.41. The van der Waals surface area contributed by atoms with Gasteiger partial charge in [-0.15, -0.1) is 0 Å². The van der Waals surface area contributed by atoms with Gasteiger partial charge in [-0.2, -0.15) is 5.10 Å². The van der Waals surface area contributed by atoms with Crippen LogP contribution < -0.4 is 5.32 Å². The maximum Gasteiger partial charge on any atom is 0.146 e. The number of nitrogens with zero attached hydrogens (tertiary/aromatic N) is 3. The Balaban J connectivity index is 2.13. The molecule has 6 heteroatoms. The number of aromatic nitrogens is 3. The van der Waals surface area contributed by atoms with Crippen LogP contribution in [0.15, 0.2) is 22.9 Å². The van der Waals surface area contributed by atoms with E-state index in [9.17, 15) is 0 Å². The third kappa shape index (κ3) is 2.84. The summed E-state index contributed by atoms with van der Waals surface area (Å²) in [5.74, 6) is 0.904. The van der Waals surface area contributed by atoms with Crippen molar-refractivity contribution < 1.29 is 0 Å². The summed E-state index contributed by atoms with van der Waals surface area (Å²) in [6.45, 7) is 5.44. The highest BCUT2D eigenvalue weighted by atomic mass is 79.9. The Labute approximate surface area is 119 Å². The van der Waals surface area contributed by atoms with Crippen molar-refractivity contribution in [2.45, 2.75) is 26.9 Å². The lowest BCUT2D eigenvalue weighted by atomic mass is 10.2. The molecular formula is C12H14BrClN4. The molecule has 18 heavy (non-hydrogen) atoms. The Bertz CT molecular complexity index is 553. The quantitative estimate of drug-likeness (QED) is 0.931. The lowest BCUT2D eigenvalue weighted by Gasteiger charge is -2.10. The highest BCUT2D eigenvalue weighted by Crippen LogP contribution is 2.29. The van der Waals surface area contributed by atoms with E-state index in [1.807, 2.05) is 30.7 Å². The third-order valence-electron chi connectivity index (χ3n) is 2.68. The van der Waals surface area contributed by atoms with E-state index in [2.05, 4.69) is 31.3 Å². The monoisotopic (exact) mass is 328 g/mol. The number of anilines is 1. The van der Waals surface area contributed by atoms with Crippen LogP contribution in [0, 0.1) is 6.92 Å². The summed E-state index contributed by atoms with van der Waals surface area (Å²) in [6, 6.07) is 3.91. The molecule has 96 valence electrons. The summed E-state index contributed by atoms with van der Waals surface area (Å²) >= 11 is 9.63. The topological polar surface area (TPSA) is 42.7 Å². The summed E-state index contributed by atoms with van der Waals surface area (Å²) in [4.78, 5) is 4.21. The molecule has 4 nitrogen and oxygen atoms in total. The predicted molar refractivity (Wildman–Crippen MR) is 76.9 cm³/mol. The van der Waals surface area contributed by atoms with Crippen LogP contribution >= 0.6 is 27.5 Å². The highest BCUT2D eigenvalue weighted by molar-refractivity contribution is 9.10. The van der Waals surface area contributed by atoms with Crippen molar-refractivity contribution in [2.24, 2.45) is 0 Å². The molecule has 1 N–H and O–H groups in total. The standard InChI is InChI=1S/C12H14BrClN4/c1-3-18-12(16-7-17-18)6-15-11-5-10(14)8(2)4-9(11)13/h4-5,7,15H,3,6H2,1-2H3. The van der Waals surface area contributed by atoms with E-state index in [1.54, 1.807) is 6.33 Å². The normalized spacial score (nSPS) is 10.7. The first-order valence-corrected chi connectivity index (χ1v) is 6.85. The maximum atomic E-state index is 6.11. The lowest BCUT2D eigenvalue weighted by molar-refractivity contribution is 0.622. The number of hydrogen-bond donors (Lipinski definition) is 1. The zero-order chi connectivity index (χ0) is 13.1. The Morgan fingerprint density at radius 2 is 2.22 bits per heavy atom. The van der Waals surface area contributed by atoms with Gasteiger partial charge in [-0.3, -0.25) is 0 Å². The first-order valence-electron chi connectivity index (χ1n) is 5.68. The van der Waals surface area contributed by atoms with E-state index in [4.69, 9.17) is 11.6 Å². The summed E-state index contributed by atoms with van der Waals surface area (Å²) < 4.78 is 2.85. The number of hydrogen-bond acceptors (Lipinski definition) is 3. The first-order chi connectivity index (χ1) is 8.61. The SMILES string of the molecule is CCn1ncnc1CNc1cc(Cl)c(C)cc1Br. The number of aryl methyl sites for hydroxylation is 2. The summed E-state index contributed by atoms with van der Waals surface area (Å²) in [5.41, 5.74) is 2.00. The second-order valence-electron chi connectivity index (χ2n) is 3.93. The van der Waals surface area contributed by atoms with Crippen molar-refractivity contribution in [3.05, 3.63) is 39.3 Å². The average molecular weight is 330 g/mol. The van der Waals surface area contributed by atoms with Crippen LogP contribution in [0.5, 0.6) is 0 Å². The van der Waals surface area contributed by atoms with E-state index in [0.717, 1.165) is 33.1 Å². The molecule has 0 saturated heterocycles. The molecule has 1 aromatic heterocycles. The molecule has 0 fully saturated rings. The lowest BCUT2D eigenvalue weighted by Crippen LogP contribution is -2.09. The predicted octanol–water partition coefficient (Wildman–Crippen LogP) is 3.63. The Morgan fingerprint density at radius 3 is 2.94 bits per heavy atom. The third-order valence-corrected chi connectivity index (χ3v) is 3.74. The number of rotatable bonds is 4. The molecule has 0 saturated carbocycles. The van der Waals surface area contributed by atoms with Gasteiger partial charge in [-0.1, -0.05) is 11.6 Å². The van der Waals surface area contributed by atoms with E-state index in [0.29, 0.717) is 6.54 Å². The molecule has 0 atom stereocenters. The van der Waals surface area contributed by atoms with Gasteiger partial charge in [0.1, 0.15) is 12.2 Å². The molecular weight excluding hydrogens is 316 g/mol. The van der Waals surface area contributed by atoms with Crippen LogP contribution in [-0.4, -0.2) is 14.8 Å². The van der Waals surface area contributed by atoms with Crippen molar-refractivity contribution in [3.63, 3.8) is 0 Å². The van der Waals surface area contributed by atoms with Gasteiger partial charge in [0.05, 0.1) is 12.2 Å². The number of benzene rings is 1. The van der Waals surface area contributed by atoms with Crippen molar-refractivity contribution in [2.75, 3.05) is 5.32 Å². The van der Waals surface area contributed by atoms with Crippen LogP contribution in [0.1, 0.15) is 18.3 Å². The van der Waals surface area contributed by atoms with E-state index < -0.39 is 0 Å². The molecule has 0 aliphatic carbocycles. The zero-order valence-corrected chi connectivity index (χ0v) is 12.6. The Morgan fingerprint density at radius 1 is 1.44 bits per heavy atom. The highest BCUT2D eigenvalue weighted by Gasteiger charge is 2.06. The average Bonchev–Trinajstić information content (AvgIpc) is 2.79. The second-order valence-corrected chi connectivity index (χ2v) is 5.19. The van der Waals surface area contributed by atoms with Crippen molar-refractivity contribution in [1.29, 1.82) is 0 Å². The van der Waals surface area contributed by atoms with Crippen molar-refractivity contribution in [3.8, 4) is 0 Å². The Kier molecular flexibility index (Phi) is 4.24. The minimum absolute atomic E-state index is 0.617. The van der Waals surface area contributed by atoms with Crippen LogP contribution in [0.2, 0.25) is 5.02 Å². The first kappa shape index (κ1) is 13.4. The molecule has 1 aromatic carbocycles. The van der Waals surface area contributed by atoms with Crippen LogP contribution in [0.4, 0.5) is 5.69 Å². The minimum atomic E-state index is 0.617. The molecule has 0 aliphatic rings. The maximum absolute atomic E-state index is 6.11. The number of halogens is 2. The van der Waals surface area contributed by atoms with Crippen molar-refractivity contribution in [1.82, 2.24) is 14.8 Å². The van der Waals surface area contributed by atoms with Gasteiger partial charge < -0.3 is 5.32 Å². The van der Waals surface area contributed by atoms with E-state index in [1.165, 1.54) is 0 Å². The molecule has 0 spiro atoms. The van der Waals surface area contributed by atoms with Crippen LogP contribution in [0.25, 0.3) is 0 Å². The van der Waals surface area contributed by atoms with Gasteiger partial charge in [-0.05, 0) is 47.5 Å². The smallest absolute Gasteiger partial charge is 0.146 e. The van der Waals surface area contributed by atoms with Gasteiger partial charge in [0.25, 0.3) is 0 Å². The largest absolute Gasteiger partial charge is 0.377 e. The molecule has 0 bridgehead atoms. The molecule has 0 aliphatic heterocycles. The van der Waals surface area contributed by atoms with Crippen LogP contribution in [-0.2, 0) is 13.1 Å². The molecule has 0 amide bonds. The summed E-state index contributed by atoms with van der Waals surface area (Å²) in [6.07, 6.45) is 1.57. The summed E-state index contributed by atoms with van der Waals surface area (Å²) in [5, 5.41) is 8.18. The van der Waals surface area contributed by atoms with Gasteiger partial charge in [0, 0.05) is 16.0 Å². The van der Waals surface area contributed by atoms with E-state index in [-0.39, 0.29) is 0 Å². The van der Waals surface area contributed by atoms with Gasteiger partial charge >= 0.3 is 0 Å². The second kappa shape index (κ2) is 5.71.